The molecule has 19 heavy (non-hydrogen) atoms. The molecule has 0 aromatic carbocycles. The summed E-state index contributed by atoms with van der Waals surface area (Å²) < 4.78 is 5.11. The average Bonchev–Trinajstić information content (AvgIpc) is 2.30. The predicted octanol–water partition coefficient (Wildman–Crippen LogP) is 1.03. The molecular formula is C14H26N2O3. The maximum Gasteiger partial charge on any atom is 0.243 e. The zero-order valence-electron chi connectivity index (χ0n) is 12.7. The van der Waals surface area contributed by atoms with Gasteiger partial charge in [-0.1, -0.05) is 27.7 Å². The Hall–Kier alpha value is -1.10. The molecule has 1 N–H and O–H groups in total. The number of carbonyl (C=O) groups excluding carboxylic acids is 2. The molecule has 1 aliphatic heterocycles. The van der Waals surface area contributed by atoms with E-state index in [1.165, 1.54) is 0 Å². The van der Waals surface area contributed by atoms with Crippen LogP contribution in [0.3, 0.4) is 0 Å². The molecule has 0 aromatic rings. The van der Waals surface area contributed by atoms with Crippen LogP contribution in [0.5, 0.6) is 0 Å². The van der Waals surface area contributed by atoms with Crippen LogP contribution in [0.15, 0.2) is 0 Å². The summed E-state index contributed by atoms with van der Waals surface area (Å²) in [4.78, 5) is 25.8. The molecule has 5 nitrogen and oxygen atoms in total. The number of ether oxygens (including phenoxy) is 1. The third-order valence-corrected chi connectivity index (χ3v) is 3.55. The lowest BCUT2D eigenvalue weighted by Crippen LogP contribution is -2.61. The van der Waals surface area contributed by atoms with E-state index in [1.807, 2.05) is 13.8 Å². The van der Waals surface area contributed by atoms with Gasteiger partial charge in [0.2, 0.25) is 11.8 Å². The van der Waals surface area contributed by atoms with Crippen LogP contribution < -0.4 is 5.32 Å². The normalized spacial score (nSPS) is 20.9. The van der Waals surface area contributed by atoms with Gasteiger partial charge in [0.05, 0.1) is 6.54 Å². The molecule has 0 radical (unpaired) electrons. The Morgan fingerprint density at radius 1 is 1.42 bits per heavy atom. The predicted molar refractivity (Wildman–Crippen MR) is 73.6 cm³/mol. The first-order valence-electron chi connectivity index (χ1n) is 6.84. The smallest absolute Gasteiger partial charge is 0.243 e. The minimum Gasteiger partial charge on any atom is -0.385 e. The summed E-state index contributed by atoms with van der Waals surface area (Å²) in [6.07, 6.45) is 0.861. The molecule has 1 rings (SSSR count). The Labute approximate surface area is 115 Å². The molecule has 1 fully saturated rings. The van der Waals surface area contributed by atoms with Gasteiger partial charge in [0.15, 0.2) is 0 Å². The molecule has 0 aliphatic carbocycles. The van der Waals surface area contributed by atoms with Crippen LogP contribution in [0.25, 0.3) is 0 Å². The third-order valence-electron chi connectivity index (χ3n) is 3.55. The van der Waals surface area contributed by atoms with Gasteiger partial charge in [0.25, 0.3) is 0 Å². The van der Waals surface area contributed by atoms with E-state index in [2.05, 4.69) is 19.2 Å². The van der Waals surface area contributed by atoms with Crippen LogP contribution >= 0.6 is 0 Å². The molecule has 1 saturated heterocycles. The minimum atomic E-state index is -0.358. The lowest BCUT2D eigenvalue weighted by atomic mass is 9.87. The molecule has 5 heteroatoms. The van der Waals surface area contributed by atoms with Gasteiger partial charge in [-0.15, -0.1) is 0 Å². The molecule has 0 saturated carbocycles. The van der Waals surface area contributed by atoms with Crippen molar-refractivity contribution >= 4 is 11.8 Å². The van der Waals surface area contributed by atoms with Crippen molar-refractivity contribution in [2.45, 2.75) is 40.2 Å². The summed E-state index contributed by atoms with van der Waals surface area (Å²) in [6.45, 7) is 9.50. The molecule has 1 unspecified atom stereocenters. The van der Waals surface area contributed by atoms with Crippen LogP contribution in [0.2, 0.25) is 0 Å². The van der Waals surface area contributed by atoms with Gasteiger partial charge in [-0.25, -0.2) is 0 Å². The van der Waals surface area contributed by atoms with Crippen LogP contribution in [0, 0.1) is 11.3 Å². The van der Waals surface area contributed by atoms with Crippen molar-refractivity contribution in [1.29, 1.82) is 0 Å². The van der Waals surface area contributed by atoms with Gasteiger partial charge in [0, 0.05) is 20.3 Å². The minimum absolute atomic E-state index is 0.00351. The van der Waals surface area contributed by atoms with E-state index in [0.717, 1.165) is 6.42 Å². The van der Waals surface area contributed by atoms with Crippen LogP contribution in [0.4, 0.5) is 0 Å². The highest BCUT2D eigenvalue weighted by Gasteiger charge is 2.38. The van der Waals surface area contributed by atoms with Crippen molar-refractivity contribution < 1.29 is 14.3 Å². The fourth-order valence-electron chi connectivity index (χ4n) is 2.43. The number of carbonyl (C=O) groups is 2. The Bertz CT molecular complexity index is 340. The maximum atomic E-state index is 12.1. The molecule has 0 spiro atoms. The van der Waals surface area contributed by atoms with Crippen LogP contribution in [0.1, 0.15) is 34.1 Å². The molecular weight excluding hydrogens is 244 g/mol. The summed E-state index contributed by atoms with van der Waals surface area (Å²) >= 11 is 0. The van der Waals surface area contributed by atoms with Crippen molar-refractivity contribution in [3.8, 4) is 0 Å². The Kier molecular flexibility index (Phi) is 5.35. The number of methoxy groups -OCH3 is 1. The number of nitrogens with zero attached hydrogens (tertiary/aromatic N) is 1. The number of rotatable bonds is 6. The van der Waals surface area contributed by atoms with Gasteiger partial charge < -0.3 is 15.0 Å². The summed E-state index contributed by atoms with van der Waals surface area (Å²) in [7, 11) is 1.67. The van der Waals surface area contributed by atoms with E-state index in [1.54, 1.807) is 12.0 Å². The number of piperazine rings is 1. The highest BCUT2D eigenvalue weighted by Crippen LogP contribution is 2.26. The topological polar surface area (TPSA) is 58.6 Å². The number of hydrogen-bond acceptors (Lipinski definition) is 3. The highest BCUT2D eigenvalue weighted by atomic mass is 16.5. The summed E-state index contributed by atoms with van der Waals surface area (Å²) in [6, 6.07) is -0.358. The molecule has 2 amide bonds. The van der Waals surface area contributed by atoms with Crippen molar-refractivity contribution in [2.75, 3.05) is 26.8 Å². The van der Waals surface area contributed by atoms with Gasteiger partial charge in [-0.2, -0.15) is 0 Å². The van der Waals surface area contributed by atoms with E-state index in [-0.39, 0.29) is 35.7 Å². The standard InChI is InChI=1S/C14H26N2O3/c1-10(2)12-13(18)15-8-11(17)16(12)9-14(3,4)6-7-19-5/h10,12H,6-9H2,1-5H3,(H,15,18). The first-order chi connectivity index (χ1) is 8.78. The van der Waals surface area contributed by atoms with Gasteiger partial charge in [0.1, 0.15) is 6.04 Å². The second kappa shape index (κ2) is 6.37. The SMILES string of the molecule is COCCC(C)(C)CN1C(=O)CNC(=O)C1C(C)C. The molecule has 1 heterocycles. The number of hydrogen-bond donors (Lipinski definition) is 1. The van der Waals surface area contributed by atoms with E-state index in [0.29, 0.717) is 13.2 Å². The number of amides is 2. The van der Waals surface area contributed by atoms with E-state index < -0.39 is 0 Å². The summed E-state index contributed by atoms with van der Waals surface area (Å²) in [5, 5.41) is 2.67. The van der Waals surface area contributed by atoms with Crippen LogP contribution in [-0.4, -0.2) is 49.6 Å². The van der Waals surface area contributed by atoms with Gasteiger partial charge in [-0.05, 0) is 17.8 Å². The fraction of sp³-hybridized carbons (Fsp3) is 0.857. The van der Waals surface area contributed by atoms with E-state index in [4.69, 9.17) is 4.74 Å². The lowest BCUT2D eigenvalue weighted by Gasteiger charge is -2.41. The van der Waals surface area contributed by atoms with Crippen molar-refractivity contribution in [3.05, 3.63) is 0 Å². The first kappa shape index (κ1) is 16.0. The van der Waals surface area contributed by atoms with Crippen LogP contribution in [-0.2, 0) is 14.3 Å². The second-order valence-electron chi connectivity index (χ2n) is 6.34. The fourth-order valence-corrected chi connectivity index (χ4v) is 2.43. The van der Waals surface area contributed by atoms with Crippen molar-refractivity contribution in [3.63, 3.8) is 0 Å². The molecule has 1 atom stereocenters. The monoisotopic (exact) mass is 270 g/mol. The maximum absolute atomic E-state index is 12.1. The average molecular weight is 270 g/mol. The highest BCUT2D eigenvalue weighted by molar-refractivity contribution is 5.95. The first-order valence-corrected chi connectivity index (χ1v) is 6.84. The van der Waals surface area contributed by atoms with Gasteiger partial charge in [-0.3, -0.25) is 9.59 Å². The van der Waals surface area contributed by atoms with E-state index in [9.17, 15) is 9.59 Å². The zero-order chi connectivity index (χ0) is 14.6. The second-order valence-corrected chi connectivity index (χ2v) is 6.34. The Balaban J connectivity index is 2.81. The molecule has 1 aliphatic rings. The summed E-state index contributed by atoms with van der Waals surface area (Å²) in [5.74, 6) is 0.0726. The van der Waals surface area contributed by atoms with Gasteiger partial charge >= 0.3 is 0 Å². The Morgan fingerprint density at radius 2 is 2.05 bits per heavy atom. The number of nitrogens with one attached hydrogen (secondary N) is 1. The lowest BCUT2D eigenvalue weighted by molar-refractivity contribution is -0.149. The van der Waals surface area contributed by atoms with E-state index >= 15 is 0 Å². The van der Waals surface area contributed by atoms with Crippen molar-refractivity contribution in [2.24, 2.45) is 11.3 Å². The van der Waals surface area contributed by atoms with Crippen molar-refractivity contribution in [1.82, 2.24) is 10.2 Å². The quantitative estimate of drug-likeness (QED) is 0.784. The third kappa shape index (κ3) is 4.20. The molecule has 0 aromatic heterocycles. The molecule has 110 valence electrons. The molecule has 0 bridgehead atoms. The largest absolute Gasteiger partial charge is 0.385 e. The zero-order valence-corrected chi connectivity index (χ0v) is 12.7. The summed E-state index contributed by atoms with van der Waals surface area (Å²) in [5.41, 5.74) is -0.0591. The Morgan fingerprint density at radius 3 is 2.58 bits per heavy atom.